The molecule has 0 aliphatic carbocycles. The van der Waals surface area contributed by atoms with E-state index >= 15 is 0 Å². The van der Waals surface area contributed by atoms with Crippen LogP contribution in [0.2, 0.25) is 5.02 Å². The van der Waals surface area contributed by atoms with Gasteiger partial charge in [0.1, 0.15) is 18.0 Å². The Labute approximate surface area is 201 Å². The first-order chi connectivity index (χ1) is 16.0. The highest BCUT2D eigenvalue weighted by molar-refractivity contribution is 7.99. The zero-order valence-corrected chi connectivity index (χ0v) is 19.8. The highest BCUT2D eigenvalue weighted by Gasteiger charge is 2.30. The number of anilines is 2. The monoisotopic (exact) mass is 482 g/mol. The number of nitrogens with zero attached hydrogens (tertiary/aromatic N) is 1. The van der Waals surface area contributed by atoms with E-state index in [2.05, 4.69) is 5.32 Å². The number of halogens is 1. The smallest absolute Gasteiger partial charge is 0.244 e. The van der Waals surface area contributed by atoms with Crippen LogP contribution in [0.25, 0.3) is 0 Å². The first-order valence-corrected chi connectivity index (χ1v) is 11.6. The summed E-state index contributed by atoms with van der Waals surface area (Å²) in [5.41, 5.74) is 2.20. The van der Waals surface area contributed by atoms with Gasteiger partial charge in [0, 0.05) is 21.6 Å². The Kier molecular flexibility index (Phi) is 7.11. The van der Waals surface area contributed by atoms with Crippen molar-refractivity contribution in [3.8, 4) is 11.5 Å². The molecule has 1 aliphatic heterocycles. The predicted octanol–water partition coefficient (Wildman–Crippen LogP) is 5.57. The van der Waals surface area contributed by atoms with Gasteiger partial charge in [0.25, 0.3) is 0 Å². The van der Waals surface area contributed by atoms with E-state index in [0.717, 1.165) is 21.9 Å². The third-order valence-corrected chi connectivity index (χ3v) is 6.87. The summed E-state index contributed by atoms with van der Waals surface area (Å²) >= 11 is 7.69. The number of carbonyl (C=O) groups excluding carboxylic acids is 2. The fraction of sp³-hybridized carbons (Fsp3) is 0.200. The van der Waals surface area contributed by atoms with Crippen LogP contribution in [0.3, 0.4) is 0 Å². The summed E-state index contributed by atoms with van der Waals surface area (Å²) in [6.07, 6.45) is 0.263. The molecular formula is C25H23ClN2O4S. The van der Waals surface area contributed by atoms with Crippen LogP contribution < -0.4 is 19.7 Å². The second-order valence-electron chi connectivity index (χ2n) is 7.42. The Hall–Kier alpha value is -3.16. The van der Waals surface area contributed by atoms with Gasteiger partial charge in [0.2, 0.25) is 11.8 Å². The van der Waals surface area contributed by atoms with Gasteiger partial charge in [-0.2, -0.15) is 0 Å². The first-order valence-electron chi connectivity index (χ1n) is 10.3. The number of rotatable bonds is 6. The standard InChI is InChI=1S/C25H23ClN2O4S/c1-31-18-10-7-16(8-11-18)23-14-25(30)28(20-5-3-4-6-22(20)33-23)15-24(29)27-19-13-17(26)9-12-21(19)32-2/h3-13,23H,14-15H2,1-2H3,(H,27,29)/t23-/m1/s1. The normalized spacial score (nSPS) is 15.4. The molecule has 1 N–H and O–H groups in total. The van der Waals surface area contributed by atoms with Gasteiger partial charge in [-0.25, -0.2) is 0 Å². The van der Waals surface area contributed by atoms with Crippen LogP contribution >= 0.6 is 23.4 Å². The van der Waals surface area contributed by atoms with Crippen molar-refractivity contribution < 1.29 is 19.1 Å². The zero-order chi connectivity index (χ0) is 23.4. The Bertz CT molecular complexity index is 1170. The van der Waals surface area contributed by atoms with E-state index in [0.29, 0.717) is 16.5 Å². The van der Waals surface area contributed by atoms with Crippen molar-refractivity contribution in [2.75, 3.05) is 31.0 Å². The molecule has 3 aromatic carbocycles. The number of ether oxygens (including phenoxy) is 2. The van der Waals surface area contributed by atoms with Gasteiger partial charge in [-0.15, -0.1) is 11.8 Å². The van der Waals surface area contributed by atoms with Crippen molar-refractivity contribution in [3.05, 3.63) is 77.3 Å². The Morgan fingerprint density at radius 3 is 2.58 bits per heavy atom. The van der Waals surface area contributed by atoms with Gasteiger partial charge >= 0.3 is 0 Å². The summed E-state index contributed by atoms with van der Waals surface area (Å²) < 4.78 is 10.6. The van der Waals surface area contributed by atoms with E-state index in [9.17, 15) is 9.59 Å². The van der Waals surface area contributed by atoms with Crippen LogP contribution in [0.15, 0.2) is 71.6 Å². The van der Waals surface area contributed by atoms with Crippen molar-refractivity contribution in [1.82, 2.24) is 0 Å². The molecule has 170 valence electrons. The summed E-state index contributed by atoms with van der Waals surface area (Å²) in [6.45, 7) is -0.124. The van der Waals surface area contributed by atoms with Gasteiger partial charge in [-0.3, -0.25) is 9.59 Å². The minimum atomic E-state index is -0.341. The summed E-state index contributed by atoms with van der Waals surface area (Å²) in [6, 6.07) is 20.3. The third-order valence-electron chi connectivity index (χ3n) is 5.31. The zero-order valence-electron chi connectivity index (χ0n) is 18.2. The number of carbonyl (C=O) groups is 2. The molecule has 0 bridgehead atoms. The van der Waals surface area contributed by atoms with Crippen molar-refractivity contribution in [1.29, 1.82) is 0 Å². The molecular weight excluding hydrogens is 460 g/mol. The van der Waals surface area contributed by atoms with Gasteiger partial charge in [-0.05, 0) is 48.0 Å². The summed E-state index contributed by atoms with van der Waals surface area (Å²) in [7, 11) is 3.14. The van der Waals surface area contributed by atoms with Gasteiger partial charge < -0.3 is 19.7 Å². The van der Waals surface area contributed by atoms with E-state index in [1.54, 1.807) is 37.1 Å². The van der Waals surface area contributed by atoms with Crippen LogP contribution in [0, 0.1) is 0 Å². The fourth-order valence-corrected chi connectivity index (χ4v) is 5.12. The molecule has 0 radical (unpaired) electrons. The third kappa shape index (κ3) is 5.26. The Morgan fingerprint density at radius 1 is 1.09 bits per heavy atom. The maximum atomic E-state index is 13.3. The lowest BCUT2D eigenvalue weighted by Crippen LogP contribution is -2.38. The lowest BCUT2D eigenvalue weighted by atomic mass is 10.1. The van der Waals surface area contributed by atoms with Crippen LogP contribution in [0.4, 0.5) is 11.4 Å². The largest absolute Gasteiger partial charge is 0.497 e. The van der Waals surface area contributed by atoms with Gasteiger partial charge in [0.05, 0.1) is 25.6 Å². The number of amides is 2. The number of para-hydroxylation sites is 1. The minimum absolute atomic E-state index is 0.0781. The van der Waals surface area contributed by atoms with E-state index in [1.165, 1.54) is 12.0 Å². The lowest BCUT2D eigenvalue weighted by molar-refractivity contribution is -0.121. The highest BCUT2D eigenvalue weighted by atomic mass is 35.5. The molecule has 33 heavy (non-hydrogen) atoms. The molecule has 0 saturated heterocycles. The second kappa shape index (κ2) is 10.2. The molecule has 6 nitrogen and oxygen atoms in total. The number of benzene rings is 3. The lowest BCUT2D eigenvalue weighted by Gasteiger charge is -2.22. The molecule has 2 amide bonds. The molecule has 0 saturated carbocycles. The molecule has 1 aliphatic rings. The highest BCUT2D eigenvalue weighted by Crippen LogP contribution is 2.45. The number of hydrogen-bond donors (Lipinski definition) is 1. The molecule has 1 atom stereocenters. The quantitative estimate of drug-likeness (QED) is 0.497. The van der Waals surface area contributed by atoms with Gasteiger partial charge in [0.15, 0.2) is 0 Å². The number of hydrogen-bond acceptors (Lipinski definition) is 5. The fourth-order valence-electron chi connectivity index (χ4n) is 3.67. The number of methoxy groups -OCH3 is 2. The molecule has 0 unspecified atom stereocenters. The second-order valence-corrected chi connectivity index (χ2v) is 9.11. The number of nitrogens with one attached hydrogen (secondary N) is 1. The SMILES string of the molecule is COc1ccc([C@H]2CC(=O)N(CC(=O)Nc3cc(Cl)ccc3OC)c3ccccc3S2)cc1. The van der Waals surface area contributed by atoms with Crippen LogP contribution in [0.1, 0.15) is 17.2 Å². The topological polar surface area (TPSA) is 67.9 Å². The van der Waals surface area contributed by atoms with Crippen LogP contribution in [-0.4, -0.2) is 32.6 Å². The first kappa shape index (κ1) is 23.0. The maximum absolute atomic E-state index is 13.3. The summed E-state index contributed by atoms with van der Waals surface area (Å²) in [4.78, 5) is 28.7. The maximum Gasteiger partial charge on any atom is 0.244 e. The minimum Gasteiger partial charge on any atom is -0.497 e. The molecule has 8 heteroatoms. The Morgan fingerprint density at radius 2 is 1.85 bits per heavy atom. The van der Waals surface area contributed by atoms with Crippen molar-refractivity contribution in [3.63, 3.8) is 0 Å². The number of fused-ring (bicyclic) bond motifs is 1. The van der Waals surface area contributed by atoms with Crippen molar-refractivity contribution >= 4 is 46.6 Å². The summed E-state index contributed by atoms with van der Waals surface area (Å²) in [5, 5.41) is 3.21. The molecule has 0 aromatic heterocycles. The van der Waals surface area contributed by atoms with Crippen LogP contribution in [0.5, 0.6) is 11.5 Å². The molecule has 0 spiro atoms. The number of thioether (sulfide) groups is 1. The predicted molar refractivity (Wildman–Crippen MR) is 132 cm³/mol. The van der Waals surface area contributed by atoms with Crippen LogP contribution in [-0.2, 0) is 9.59 Å². The van der Waals surface area contributed by atoms with E-state index < -0.39 is 0 Å². The average Bonchev–Trinajstić information content (AvgIpc) is 2.96. The molecule has 0 fully saturated rings. The van der Waals surface area contributed by atoms with Crippen molar-refractivity contribution in [2.45, 2.75) is 16.6 Å². The summed E-state index contributed by atoms with van der Waals surface area (Å²) in [5.74, 6) is 0.789. The van der Waals surface area contributed by atoms with Gasteiger partial charge in [-0.1, -0.05) is 35.9 Å². The molecule has 4 rings (SSSR count). The van der Waals surface area contributed by atoms with E-state index in [-0.39, 0.29) is 30.0 Å². The molecule has 3 aromatic rings. The molecule has 1 heterocycles. The van der Waals surface area contributed by atoms with E-state index in [4.69, 9.17) is 21.1 Å². The van der Waals surface area contributed by atoms with Crippen molar-refractivity contribution in [2.24, 2.45) is 0 Å². The Balaban J connectivity index is 1.58. The van der Waals surface area contributed by atoms with E-state index in [1.807, 2.05) is 48.5 Å². The average molecular weight is 483 g/mol.